The number of aryl methyl sites for hydroxylation is 1. The molecule has 0 radical (unpaired) electrons. The monoisotopic (exact) mass is 327 g/mol. The first-order chi connectivity index (χ1) is 8.56. The summed E-state index contributed by atoms with van der Waals surface area (Å²) >= 11 is 9.14. The van der Waals surface area contributed by atoms with Gasteiger partial charge >= 0.3 is 0 Å². The van der Waals surface area contributed by atoms with Crippen LogP contribution in [0.25, 0.3) is 0 Å². The van der Waals surface area contributed by atoms with Gasteiger partial charge in [-0.1, -0.05) is 39.7 Å². The van der Waals surface area contributed by atoms with Gasteiger partial charge in [0.25, 0.3) is 0 Å². The van der Waals surface area contributed by atoms with Crippen LogP contribution in [0.3, 0.4) is 0 Å². The van der Waals surface area contributed by atoms with Gasteiger partial charge in [0, 0.05) is 16.7 Å². The third-order valence-corrected chi connectivity index (χ3v) is 3.66. The van der Waals surface area contributed by atoms with Gasteiger partial charge in [-0.2, -0.15) is 0 Å². The Morgan fingerprint density at radius 2 is 2.00 bits per heavy atom. The minimum Gasteiger partial charge on any atom is -0.381 e. The van der Waals surface area contributed by atoms with E-state index in [0.29, 0.717) is 12.2 Å². The highest BCUT2D eigenvalue weighted by atomic mass is 79.9. The van der Waals surface area contributed by atoms with Crippen molar-refractivity contribution in [1.82, 2.24) is 0 Å². The highest BCUT2D eigenvalue weighted by molar-refractivity contribution is 9.10. The number of halogens is 3. The van der Waals surface area contributed by atoms with Crippen LogP contribution < -0.4 is 5.32 Å². The molecule has 0 amide bonds. The lowest BCUT2D eigenvalue weighted by Gasteiger charge is -2.09. The van der Waals surface area contributed by atoms with Crippen molar-refractivity contribution < 1.29 is 4.39 Å². The van der Waals surface area contributed by atoms with Crippen molar-refractivity contribution in [1.29, 1.82) is 0 Å². The van der Waals surface area contributed by atoms with E-state index in [9.17, 15) is 4.39 Å². The minimum atomic E-state index is -0.412. The zero-order valence-corrected chi connectivity index (χ0v) is 12.1. The van der Waals surface area contributed by atoms with Crippen molar-refractivity contribution >= 4 is 33.2 Å². The third-order valence-electron chi connectivity index (χ3n) is 2.61. The summed E-state index contributed by atoms with van der Waals surface area (Å²) in [4.78, 5) is 0. The number of benzene rings is 2. The van der Waals surface area contributed by atoms with Crippen molar-refractivity contribution in [3.8, 4) is 0 Å². The van der Waals surface area contributed by atoms with Gasteiger partial charge < -0.3 is 5.32 Å². The van der Waals surface area contributed by atoms with Gasteiger partial charge in [-0.3, -0.25) is 0 Å². The molecule has 1 nitrogen and oxygen atoms in total. The highest BCUT2D eigenvalue weighted by Crippen LogP contribution is 2.22. The van der Waals surface area contributed by atoms with Crippen molar-refractivity contribution in [2.24, 2.45) is 0 Å². The molecule has 4 heteroatoms. The Labute approximate surface area is 119 Å². The summed E-state index contributed by atoms with van der Waals surface area (Å²) in [5.41, 5.74) is 3.03. The Hall–Kier alpha value is -1.06. The van der Waals surface area contributed by atoms with Crippen LogP contribution in [-0.4, -0.2) is 0 Å². The lowest BCUT2D eigenvalue weighted by Crippen LogP contribution is -2.00. The first-order valence-corrected chi connectivity index (χ1v) is 6.67. The molecule has 0 bridgehead atoms. The fraction of sp³-hybridized carbons (Fsp3) is 0.143. The lowest BCUT2D eigenvalue weighted by atomic mass is 10.1. The fourth-order valence-corrected chi connectivity index (χ4v) is 2.35. The molecule has 0 aliphatic rings. The molecular formula is C14H12BrClFN. The molecule has 0 fully saturated rings. The van der Waals surface area contributed by atoms with E-state index >= 15 is 0 Å². The van der Waals surface area contributed by atoms with Crippen LogP contribution >= 0.6 is 27.5 Å². The average Bonchev–Trinajstić information content (AvgIpc) is 2.32. The first-order valence-electron chi connectivity index (χ1n) is 5.50. The largest absolute Gasteiger partial charge is 0.381 e. The van der Waals surface area contributed by atoms with Gasteiger partial charge in [-0.05, 0) is 42.3 Å². The average molecular weight is 329 g/mol. The molecule has 1 N–H and O–H groups in total. The smallest absolute Gasteiger partial charge is 0.143 e. The second-order valence-corrected chi connectivity index (χ2v) is 5.34. The predicted molar refractivity (Wildman–Crippen MR) is 77.6 cm³/mol. The van der Waals surface area contributed by atoms with Gasteiger partial charge in [0.15, 0.2) is 0 Å². The topological polar surface area (TPSA) is 12.0 Å². The van der Waals surface area contributed by atoms with E-state index < -0.39 is 5.82 Å². The molecule has 0 aliphatic carbocycles. The maximum absolute atomic E-state index is 13.3. The summed E-state index contributed by atoms with van der Waals surface area (Å²) in [6.07, 6.45) is 0. The molecule has 0 atom stereocenters. The molecule has 0 heterocycles. The van der Waals surface area contributed by atoms with Gasteiger partial charge in [-0.25, -0.2) is 4.39 Å². The second kappa shape index (κ2) is 5.72. The fourth-order valence-electron chi connectivity index (χ4n) is 1.60. The molecule has 18 heavy (non-hydrogen) atoms. The molecule has 0 spiro atoms. The maximum atomic E-state index is 13.3. The molecule has 2 rings (SSSR count). The summed E-state index contributed by atoms with van der Waals surface area (Å²) in [6, 6.07) is 10.8. The molecule has 0 unspecified atom stereocenters. The SMILES string of the molecule is Cc1ccc(CNc2ccc(Cl)c(F)c2)c(Br)c1. The van der Waals surface area contributed by atoms with Crippen molar-refractivity contribution in [3.63, 3.8) is 0 Å². The van der Waals surface area contributed by atoms with E-state index in [1.54, 1.807) is 12.1 Å². The van der Waals surface area contributed by atoms with Gasteiger partial charge in [0.2, 0.25) is 0 Å². The molecule has 0 aliphatic heterocycles. The third kappa shape index (κ3) is 3.24. The zero-order valence-electron chi connectivity index (χ0n) is 9.81. The van der Waals surface area contributed by atoms with Crippen molar-refractivity contribution in [3.05, 3.63) is 62.8 Å². The Morgan fingerprint density at radius 3 is 2.67 bits per heavy atom. The molecule has 0 saturated heterocycles. The van der Waals surface area contributed by atoms with E-state index in [1.807, 2.05) is 19.1 Å². The number of hydrogen-bond donors (Lipinski definition) is 1. The van der Waals surface area contributed by atoms with E-state index in [1.165, 1.54) is 11.6 Å². The predicted octanol–water partition coefficient (Wildman–Crippen LogP) is 5.16. The van der Waals surface area contributed by atoms with Crippen molar-refractivity contribution in [2.75, 3.05) is 5.32 Å². The van der Waals surface area contributed by atoms with Crippen molar-refractivity contribution in [2.45, 2.75) is 13.5 Å². The van der Waals surface area contributed by atoms with Crippen LogP contribution in [0.1, 0.15) is 11.1 Å². The van der Waals surface area contributed by atoms with Crippen LogP contribution in [0.15, 0.2) is 40.9 Å². The molecule has 2 aromatic rings. The second-order valence-electron chi connectivity index (χ2n) is 4.08. The van der Waals surface area contributed by atoms with E-state index in [-0.39, 0.29) is 5.02 Å². The van der Waals surface area contributed by atoms with Crippen LogP contribution in [0, 0.1) is 12.7 Å². The number of hydrogen-bond acceptors (Lipinski definition) is 1. The Morgan fingerprint density at radius 1 is 1.22 bits per heavy atom. The van der Waals surface area contributed by atoms with Crippen LogP contribution in [0.4, 0.5) is 10.1 Å². The minimum absolute atomic E-state index is 0.136. The van der Waals surface area contributed by atoms with E-state index in [2.05, 4.69) is 27.3 Å². The lowest BCUT2D eigenvalue weighted by molar-refractivity contribution is 0.628. The summed E-state index contributed by atoms with van der Waals surface area (Å²) in [7, 11) is 0. The summed E-state index contributed by atoms with van der Waals surface area (Å²) < 4.78 is 14.3. The quantitative estimate of drug-likeness (QED) is 0.820. The Balaban J connectivity index is 2.09. The normalized spacial score (nSPS) is 10.4. The van der Waals surface area contributed by atoms with Gasteiger partial charge in [0.05, 0.1) is 5.02 Å². The van der Waals surface area contributed by atoms with Gasteiger partial charge in [0.1, 0.15) is 5.82 Å². The Kier molecular flexibility index (Phi) is 4.25. The standard InChI is InChI=1S/C14H12BrClFN/c1-9-2-3-10(12(15)6-9)8-18-11-4-5-13(16)14(17)7-11/h2-7,18H,8H2,1H3. The summed E-state index contributed by atoms with van der Waals surface area (Å²) in [5.74, 6) is -0.412. The molecule has 94 valence electrons. The van der Waals surface area contributed by atoms with Crippen LogP contribution in [0.5, 0.6) is 0 Å². The van der Waals surface area contributed by atoms with Crippen LogP contribution in [0.2, 0.25) is 5.02 Å². The molecule has 0 saturated carbocycles. The van der Waals surface area contributed by atoms with Crippen LogP contribution in [-0.2, 0) is 6.54 Å². The molecule has 2 aromatic carbocycles. The number of anilines is 1. The molecular weight excluding hydrogens is 317 g/mol. The number of nitrogens with one attached hydrogen (secondary N) is 1. The zero-order chi connectivity index (χ0) is 13.1. The number of rotatable bonds is 3. The van der Waals surface area contributed by atoms with E-state index in [0.717, 1.165) is 10.0 Å². The summed E-state index contributed by atoms with van der Waals surface area (Å²) in [6.45, 7) is 2.67. The Bertz CT molecular complexity index is 572. The maximum Gasteiger partial charge on any atom is 0.143 e. The first kappa shape index (κ1) is 13.4. The van der Waals surface area contributed by atoms with E-state index in [4.69, 9.17) is 11.6 Å². The van der Waals surface area contributed by atoms with Gasteiger partial charge in [-0.15, -0.1) is 0 Å². The highest BCUT2D eigenvalue weighted by Gasteiger charge is 2.03. The summed E-state index contributed by atoms with van der Waals surface area (Å²) in [5, 5.41) is 3.30. The molecule has 0 aromatic heterocycles.